The van der Waals surface area contributed by atoms with Gasteiger partial charge in [-0.05, 0) is 24.6 Å². The van der Waals surface area contributed by atoms with Crippen LogP contribution in [0, 0.1) is 0 Å². The molecule has 2 rings (SSSR count). The highest BCUT2D eigenvalue weighted by atomic mass is 16.5. The lowest BCUT2D eigenvalue weighted by atomic mass is 10.2. The number of aromatic nitrogens is 2. The van der Waals surface area contributed by atoms with E-state index in [0.29, 0.717) is 6.61 Å². The van der Waals surface area contributed by atoms with Crippen molar-refractivity contribution >= 4 is 5.69 Å². The number of anilines is 1. The zero-order valence-corrected chi connectivity index (χ0v) is 10.7. The zero-order chi connectivity index (χ0) is 12.8. The first kappa shape index (κ1) is 12.4. The fourth-order valence-electron chi connectivity index (χ4n) is 1.60. The Balaban J connectivity index is 2.26. The van der Waals surface area contributed by atoms with Crippen LogP contribution in [0.25, 0.3) is 11.3 Å². The van der Waals surface area contributed by atoms with Gasteiger partial charge in [0, 0.05) is 30.7 Å². The van der Waals surface area contributed by atoms with E-state index < -0.39 is 0 Å². The molecular weight excluding hydrogens is 226 g/mol. The Morgan fingerprint density at radius 3 is 2.94 bits per heavy atom. The number of rotatable bonds is 5. The summed E-state index contributed by atoms with van der Waals surface area (Å²) >= 11 is 0. The van der Waals surface area contributed by atoms with Crippen molar-refractivity contribution in [2.75, 3.05) is 19.0 Å². The average molecular weight is 243 g/mol. The monoisotopic (exact) mass is 243 g/mol. The number of hydrogen-bond donors (Lipinski definition) is 1. The second-order valence-electron chi connectivity index (χ2n) is 3.94. The van der Waals surface area contributed by atoms with Gasteiger partial charge < -0.3 is 10.1 Å². The third-order valence-electron chi connectivity index (χ3n) is 2.53. The predicted molar refractivity (Wildman–Crippen MR) is 72.8 cm³/mol. The maximum Gasteiger partial charge on any atom is 0.138 e. The molecular formula is C14H17N3O. The fourth-order valence-corrected chi connectivity index (χ4v) is 1.60. The molecule has 4 nitrogen and oxygen atoms in total. The first-order valence-corrected chi connectivity index (χ1v) is 6.05. The van der Waals surface area contributed by atoms with Crippen molar-refractivity contribution in [3.8, 4) is 17.0 Å². The van der Waals surface area contributed by atoms with Gasteiger partial charge >= 0.3 is 0 Å². The molecule has 0 atom stereocenters. The molecule has 0 saturated heterocycles. The lowest BCUT2D eigenvalue weighted by Gasteiger charge is -2.07. The second-order valence-corrected chi connectivity index (χ2v) is 3.94. The van der Waals surface area contributed by atoms with E-state index in [1.807, 2.05) is 25.2 Å². The molecule has 0 aliphatic carbocycles. The first-order valence-electron chi connectivity index (χ1n) is 6.05. The highest BCUT2D eigenvalue weighted by molar-refractivity contribution is 5.64. The largest absolute Gasteiger partial charge is 0.492 e. The van der Waals surface area contributed by atoms with Crippen molar-refractivity contribution in [2.45, 2.75) is 13.3 Å². The van der Waals surface area contributed by atoms with Crippen LogP contribution in [0.1, 0.15) is 13.3 Å². The number of pyridine rings is 2. The van der Waals surface area contributed by atoms with E-state index in [4.69, 9.17) is 4.74 Å². The van der Waals surface area contributed by atoms with Gasteiger partial charge in [0.15, 0.2) is 0 Å². The summed E-state index contributed by atoms with van der Waals surface area (Å²) in [6.45, 7) is 2.78. The smallest absolute Gasteiger partial charge is 0.138 e. The van der Waals surface area contributed by atoms with Gasteiger partial charge in [-0.1, -0.05) is 6.92 Å². The SMILES string of the molecule is CCCOc1cncc(-c2cc(NC)ccn2)c1. The van der Waals surface area contributed by atoms with Gasteiger partial charge in [-0.25, -0.2) is 0 Å². The highest BCUT2D eigenvalue weighted by Gasteiger charge is 2.03. The number of nitrogens with zero attached hydrogens (tertiary/aromatic N) is 2. The Hall–Kier alpha value is -2.10. The molecule has 0 saturated carbocycles. The van der Waals surface area contributed by atoms with Gasteiger partial charge in [-0.3, -0.25) is 9.97 Å². The topological polar surface area (TPSA) is 47.0 Å². The normalized spacial score (nSPS) is 10.1. The number of nitrogens with one attached hydrogen (secondary N) is 1. The first-order chi connectivity index (χ1) is 8.83. The van der Waals surface area contributed by atoms with Crippen molar-refractivity contribution < 1.29 is 4.74 Å². The molecule has 94 valence electrons. The molecule has 0 aliphatic rings. The number of hydrogen-bond acceptors (Lipinski definition) is 4. The van der Waals surface area contributed by atoms with Gasteiger partial charge in [-0.15, -0.1) is 0 Å². The van der Waals surface area contributed by atoms with Crippen molar-refractivity contribution in [3.63, 3.8) is 0 Å². The molecule has 0 bridgehead atoms. The molecule has 0 aliphatic heterocycles. The summed E-state index contributed by atoms with van der Waals surface area (Å²) in [5.41, 5.74) is 2.87. The van der Waals surface area contributed by atoms with Crippen molar-refractivity contribution in [2.24, 2.45) is 0 Å². The Morgan fingerprint density at radius 2 is 2.17 bits per heavy atom. The van der Waals surface area contributed by atoms with Crippen LogP contribution in [-0.2, 0) is 0 Å². The van der Waals surface area contributed by atoms with E-state index in [9.17, 15) is 0 Å². The third kappa shape index (κ3) is 2.97. The average Bonchev–Trinajstić information content (AvgIpc) is 2.45. The van der Waals surface area contributed by atoms with E-state index in [0.717, 1.165) is 29.1 Å². The minimum absolute atomic E-state index is 0.703. The van der Waals surface area contributed by atoms with Gasteiger partial charge in [0.05, 0.1) is 18.5 Å². The standard InChI is InChI=1S/C14H17N3O/c1-3-6-18-13-7-11(9-16-10-13)14-8-12(15-2)4-5-17-14/h4-5,7-10H,3,6H2,1-2H3,(H,15,17). The molecule has 2 aromatic rings. The molecule has 0 unspecified atom stereocenters. The minimum atomic E-state index is 0.703. The molecule has 0 amide bonds. The summed E-state index contributed by atoms with van der Waals surface area (Å²) in [4.78, 5) is 8.53. The molecule has 2 heterocycles. The molecule has 0 fully saturated rings. The summed E-state index contributed by atoms with van der Waals surface area (Å²) in [5.74, 6) is 0.783. The maximum atomic E-state index is 5.57. The minimum Gasteiger partial charge on any atom is -0.492 e. The Kier molecular flexibility index (Phi) is 4.12. The van der Waals surface area contributed by atoms with Crippen molar-refractivity contribution in [1.29, 1.82) is 0 Å². The molecule has 0 radical (unpaired) electrons. The molecule has 2 aromatic heterocycles. The third-order valence-corrected chi connectivity index (χ3v) is 2.53. The van der Waals surface area contributed by atoms with Crippen LogP contribution in [0.3, 0.4) is 0 Å². The molecule has 1 N–H and O–H groups in total. The summed E-state index contributed by atoms with van der Waals surface area (Å²) in [5, 5.41) is 3.09. The Labute approximate surface area is 107 Å². The fraction of sp³-hybridized carbons (Fsp3) is 0.286. The van der Waals surface area contributed by atoms with Crippen LogP contribution >= 0.6 is 0 Å². The molecule has 4 heteroatoms. The quantitative estimate of drug-likeness (QED) is 0.877. The lowest BCUT2D eigenvalue weighted by molar-refractivity contribution is 0.316. The van der Waals surface area contributed by atoms with Gasteiger partial charge in [-0.2, -0.15) is 0 Å². The molecule has 18 heavy (non-hydrogen) atoms. The van der Waals surface area contributed by atoms with Crippen LogP contribution in [-0.4, -0.2) is 23.6 Å². The predicted octanol–water partition coefficient (Wildman–Crippen LogP) is 2.97. The van der Waals surface area contributed by atoms with E-state index in [1.54, 1.807) is 18.6 Å². The second kappa shape index (κ2) is 6.00. The van der Waals surface area contributed by atoms with Crippen molar-refractivity contribution in [3.05, 3.63) is 36.8 Å². The number of ether oxygens (including phenoxy) is 1. The molecule has 0 aromatic carbocycles. The summed E-state index contributed by atoms with van der Waals surface area (Å²) in [6, 6.07) is 5.87. The Bertz CT molecular complexity index is 514. The van der Waals surface area contributed by atoms with E-state index in [2.05, 4.69) is 22.2 Å². The van der Waals surface area contributed by atoms with Crippen LogP contribution in [0.15, 0.2) is 36.8 Å². The van der Waals surface area contributed by atoms with E-state index >= 15 is 0 Å². The molecule has 0 spiro atoms. The Morgan fingerprint density at radius 1 is 1.28 bits per heavy atom. The van der Waals surface area contributed by atoms with E-state index in [-0.39, 0.29) is 0 Å². The summed E-state index contributed by atoms with van der Waals surface area (Å²) in [6.07, 6.45) is 6.28. The zero-order valence-electron chi connectivity index (χ0n) is 10.7. The maximum absolute atomic E-state index is 5.57. The van der Waals surface area contributed by atoms with Gasteiger partial charge in [0.1, 0.15) is 5.75 Å². The summed E-state index contributed by atoms with van der Waals surface area (Å²) in [7, 11) is 1.89. The van der Waals surface area contributed by atoms with Gasteiger partial charge in [0.2, 0.25) is 0 Å². The van der Waals surface area contributed by atoms with Crippen LogP contribution in [0.2, 0.25) is 0 Å². The van der Waals surface area contributed by atoms with Crippen molar-refractivity contribution in [1.82, 2.24) is 9.97 Å². The highest BCUT2D eigenvalue weighted by Crippen LogP contribution is 2.22. The van der Waals surface area contributed by atoms with E-state index in [1.165, 1.54) is 0 Å². The van der Waals surface area contributed by atoms with Gasteiger partial charge in [0.25, 0.3) is 0 Å². The van der Waals surface area contributed by atoms with Crippen LogP contribution in [0.5, 0.6) is 5.75 Å². The van der Waals surface area contributed by atoms with Crippen LogP contribution in [0.4, 0.5) is 5.69 Å². The van der Waals surface area contributed by atoms with Crippen LogP contribution < -0.4 is 10.1 Å². The summed E-state index contributed by atoms with van der Waals surface area (Å²) < 4.78 is 5.57. The lowest BCUT2D eigenvalue weighted by Crippen LogP contribution is -1.96.